The van der Waals surface area contributed by atoms with Gasteiger partial charge < -0.3 is 14.8 Å². The predicted molar refractivity (Wildman–Crippen MR) is 115 cm³/mol. The number of benzene rings is 1. The first-order valence-electron chi connectivity index (χ1n) is 10.6. The Labute approximate surface area is 179 Å². The van der Waals surface area contributed by atoms with E-state index in [2.05, 4.69) is 12.2 Å². The fourth-order valence-corrected chi connectivity index (χ4v) is 5.75. The molecule has 1 N–H and O–H groups in total. The van der Waals surface area contributed by atoms with E-state index < -0.39 is 10.2 Å². The van der Waals surface area contributed by atoms with Gasteiger partial charge in [-0.25, -0.2) is 0 Å². The fourth-order valence-electron chi connectivity index (χ4n) is 4.07. The van der Waals surface area contributed by atoms with Crippen molar-refractivity contribution in [3.63, 3.8) is 0 Å². The van der Waals surface area contributed by atoms with Gasteiger partial charge in [0.25, 0.3) is 10.2 Å². The molecule has 0 aliphatic carbocycles. The summed E-state index contributed by atoms with van der Waals surface area (Å²) in [5.74, 6) is 1.73. The molecule has 0 atom stereocenters. The third kappa shape index (κ3) is 5.25. The van der Waals surface area contributed by atoms with E-state index in [-0.39, 0.29) is 11.8 Å². The van der Waals surface area contributed by atoms with E-state index in [4.69, 9.17) is 9.47 Å². The van der Waals surface area contributed by atoms with Crippen molar-refractivity contribution in [2.45, 2.75) is 39.2 Å². The van der Waals surface area contributed by atoms with Gasteiger partial charge in [0.1, 0.15) is 11.5 Å². The Morgan fingerprint density at radius 2 is 1.63 bits per heavy atom. The van der Waals surface area contributed by atoms with Crippen molar-refractivity contribution in [3.8, 4) is 11.5 Å². The standard InChI is InChI=1S/C21H33N3O5S/c1-16-6-10-23(11-7-16)30(26,27)24-12-8-17(9-13-24)21(25)22-15-18-14-19(28-2)4-5-20(18)29-3/h4-5,14,16-17H,6-13,15H2,1-3H3,(H,22,25). The molecule has 168 valence electrons. The monoisotopic (exact) mass is 439 g/mol. The number of piperidine rings is 2. The molecule has 9 heteroatoms. The highest BCUT2D eigenvalue weighted by molar-refractivity contribution is 7.86. The van der Waals surface area contributed by atoms with Gasteiger partial charge >= 0.3 is 0 Å². The number of hydrogen-bond acceptors (Lipinski definition) is 5. The second-order valence-electron chi connectivity index (χ2n) is 8.16. The van der Waals surface area contributed by atoms with Crippen molar-refractivity contribution >= 4 is 16.1 Å². The van der Waals surface area contributed by atoms with Crippen molar-refractivity contribution in [1.29, 1.82) is 0 Å². The number of amides is 1. The Balaban J connectivity index is 1.52. The SMILES string of the molecule is COc1ccc(OC)c(CNC(=O)C2CCN(S(=O)(=O)N3CCC(C)CC3)CC2)c1. The molecule has 0 spiro atoms. The second-order valence-corrected chi connectivity index (χ2v) is 10.1. The number of nitrogens with one attached hydrogen (secondary N) is 1. The number of nitrogens with zero attached hydrogens (tertiary/aromatic N) is 2. The first-order valence-corrected chi connectivity index (χ1v) is 12.0. The molecule has 2 saturated heterocycles. The Bertz CT molecular complexity index is 829. The molecular weight excluding hydrogens is 406 g/mol. The normalized spacial score (nSPS) is 20.1. The molecule has 2 fully saturated rings. The molecule has 0 bridgehead atoms. The van der Waals surface area contributed by atoms with Crippen molar-refractivity contribution in [2.24, 2.45) is 11.8 Å². The number of ether oxygens (including phenoxy) is 2. The summed E-state index contributed by atoms with van der Waals surface area (Å²) in [6.45, 7) is 4.45. The molecule has 8 nitrogen and oxygen atoms in total. The molecule has 30 heavy (non-hydrogen) atoms. The lowest BCUT2D eigenvalue weighted by atomic mass is 9.97. The van der Waals surface area contributed by atoms with Gasteiger partial charge in [0, 0.05) is 44.2 Å². The number of hydrogen-bond donors (Lipinski definition) is 1. The summed E-state index contributed by atoms with van der Waals surface area (Å²) in [5, 5.41) is 2.96. The van der Waals surface area contributed by atoms with Crippen LogP contribution in [0.25, 0.3) is 0 Å². The van der Waals surface area contributed by atoms with Gasteiger partial charge in [-0.05, 0) is 49.8 Å². The summed E-state index contributed by atoms with van der Waals surface area (Å²) in [5.41, 5.74) is 0.838. The quantitative estimate of drug-likeness (QED) is 0.702. The van der Waals surface area contributed by atoms with Crippen LogP contribution in [0.15, 0.2) is 18.2 Å². The van der Waals surface area contributed by atoms with Crippen LogP contribution in [0.4, 0.5) is 0 Å². The maximum atomic E-state index is 12.9. The molecule has 1 aromatic rings. The Morgan fingerprint density at radius 3 is 2.20 bits per heavy atom. The third-order valence-electron chi connectivity index (χ3n) is 6.16. The second kappa shape index (κ2) is 9.98. The van der Waals surface area contributed by atoms with E-state index in [0.717, 1.165) is 18.4 Å². The summed E-state index contributed by atoms with van der Waals surface area (Å²) in [4.78, 5) is 12.7. The van der Waals surface area contributed by atoms with Gasteiger partial charge in [-0.3, -0.25) is 4.79 Å². The van der Waals surface area contributed by atoms with Crippen LogP contribution < -0.4 is 14.8 Å². The Morgan fingerprint density at radius 1 is 1.03 bits per heavy atom. The van der Waals surface area contributed by atoms with E-state index in [1.54, 1.807) is 18.5 Å². The highest BCUT2D eigenvalue weighted by Crippen LogP contribution is 2.26. The number of methoxy groups -OCH3 is 2. The first-order chi connectivity index (χ1) is 14.3. The van der Waals surface area contributed by atoms with Crippen LogP contribution in [0.2, 0.25) is 0 Å². The van der Waals surface area contributed by atoms with Gasteiger partial charge in [-0.1, -0.05) is 6.92 Å². The van der Waals surface area contributed by atoms with E-state index in [1.807, 2.05) is 18.2 Å². The van der Waals surface area contributed by atoms with Gasteiger partial charge in [0.2, 0.25) is 5.91 Å². The molecule has 1 amide bonds. The third-order valence-corrected chi connectivity index (χ3v) is 8.20. The first kappa shape index (κ1) is 22.8. The minimum atomic E-state index is -3.43. The van der Waals surface area contributed by atoms with E-state index in [1.165, 1.54) is 4.31 Å². The van der Waals surface area contributed by atoms with E-state index >= 15 is 0 Å². The van der Waals surface area contributed by atoms with Crippen LogP contribution in [0.3, 0.4) is 0 Å². The van der Waals surface area contributed by atoms with Gasteiger partial charge in [0.15, 0.2) is 0 Å². The molecule has 3 rings (SSSR count). The molecule has 2 aliphatic heterocycles. The van der Waals surface area contributed by atoms with Gasteiger partial charge in [0.05, 0.1) is 14.2 Å². The van der Waals surface area contributed by atoms with Gasteiger partial charge in [-0.15, -0.1) is 0 Å². The molecular formula is C21H33N3O5S. The predicted octanol–water partition coefficient (Wildman–Crippen LogP) is 2.01. The number of carbonyl (C=O) groups is 1. The zero-order valence-electron chi connectivity index (χ0n) is 18.1. The Kier molecular flexibility index (Phi) is 7.60. The average Bonchev–Trinajstić information content (AvgIpc) is 2.77. The van der Waals surface area contributed by atoms with Crippen LogP contribution in [-0.4, -0.2) is 63.3 Å². The summed E-state index contributed by atoms with van der Waals surface area (Å²) >= 11 is 0. The lowest BCUT2D eigenvalue weighted by molar-refractivity contribution is -0.126. The smallest absolute Gasteiger partial charge is 0.281 e. The van der Waals surface area contributed by atoms with Crippen molar-refractivity contribution < 1.29 is 22.7 Å². The fraction of sp³-hybridized carbons (Fsp3) is 0.667. The summed E-state index contributed by atoms with van der Waals surface area (Å²) in [6.07, 6.45) is 2.88. The highest BCUT2D eigenvalue weighted by atomic mass is 32.2. The zero-order valence-corrected chi connectivity index (χ0v) is 18.9. The zero-order chi connectivity index (χ0) is 21.7. The maximum absolute atomic E-state index is 12.9. The van der Waals surface area contributed by atoms with Crippen LogP contribution in [0, 0.1) is 11.8 Å². The molecule has 0 saturated carbocycles. The molecule has 2 aliphatic rings. The van der Waals surface area contributed by atoms with Crippen molar-refractivity contribution in [2.75, 3.05) is 40.4 Å². The average molecular weight is 440 g/mol. The summed E-state index contributed by atoms with van der Waals surface area (Å²) in [6, 6.07) is 5.46. The molecule has 2 heterocycles. The lowest BCUT2D eigenvalue weighted by Gasteiger charge is -2.37. The van der Waals surface area contributed by atoms with Crippen LogP contribution in [0.5, 0.6) is 11.5 Å². The maximum Gasteiger partial charge on any atom is 0.281 e. The van der Waals surface area contributed by atoms with E-state index in [9.17, 15) is 13.2 Å². The van der Waals surface area contributed by atoms with Crippen molar-refractivity contribution in [3.05, 3.63) is 23.8 Å². The van der Waals surface area contributed by atoms with Crippen molar-refractivity contribution in [1.82, 2.24) is 13.9 Å². The molecule has 0 aromatic heterocycles. The summed E-state index contributed by atoms with van der Waals surface area (Å²) < 4.78 is 39.5. The minimum absolute atomic E-state index is 0.0521. The minimum Gasteiger partial charge on any atom is -0.497 e. The number of rotatable bonds is 7. The Hall–Kier alpha value is -1.84. The molecule has 1 aromatic carbocycles. The molecule has 0 unspecified atom stereocenters. The van der Waals surface area contributed by atoms with Crippen LogP contribution in [0.1, 0.15) is 38.2 Å². The summed E-state index contributed by atoms with van der Waals surface area (Å²) in [7, 11) is -0.242. The number of carbonyl (C=O) groups excluding carboxylic acids is 1. The van der Waals surface area contributed by atoms with Crippen LogP contribution >= 0.6 is 0 Å². The van der Waals surface area contributed by atoms with E-state index in [0.29, 0.717) is 63.0 Å². The molecule has 0 radical (unpaired) electrons. The topological polar surface area (TPSA) is 88.2 Å². The largest absolute Gasteiger partial charge is 0.497 e. The lowest BCUT2D eigenvalue weighted by Crippen LogP contribution is -2.50. The van der Waals surface area contributed by atoms with Crippen LogP contribution in [-0.2, 0) is 21.5 Å². The highest BCUT2D eigenvalue weighted by Gasteiger charge is 2.35. The van der Waals surface area contributed by atoms with Gasteiger partial charge in [-0.2, -0.15) is 17.0 Å².